The highest BCUT2D eigenvalue weighted by Gasteiger charge is 2.13. The van der Waals surface area contributed by atoms with E-state index in [0.29, 0.717) is 33.3 Å². The predicted molar refractivity (Wildman–Crippen MR) is 124 cm³/mol. The topological polar surface area (TPSA) is 113 Å². The number of hydrogen-bond donors (Lipinski definition) is 2. The van der Waals surface area contributed by atoms with Gasteiger partial charge < -0.3 is 14.8 Å². The number of hydrazone groups is 1. The van der Waals surface area contributed by atoms with Crippen molar-refractivity contribution in [2.75, 3.05) is 12.4 Å². The number of carbonyl (C=O) groups excluding carboxylic acids is 2. The molecule has 2 amide bonds. The molecule has 8 nitrogen and oxygen atoms in total. The van der Waals surface area contributed by atoms with Gasteiger partial charge >= 0.3 is 11.8 Å². The maximum absolute atomic E-state index is 12.0. The van der Waals surface area contributed by atoms with Crippen molar-refractivity contribution in [2.24, 2.45) is 5.10 Å². The molecule has 33 heavy (non-hydrogen) atoms. The zero-order chi connectivity index (χ0) is 23.6. The minimum absolute atomic E-state index is 0.272. The van der Waals surface area contributed by atoms with Crippen molar-refractivity contribution in [3.05, 3.63) is 88.4 Å². The van der Waals surface area contributed by atoms with Gasteiger partial charge in [0.2, 0.25) is 0 Å². The lowest BCUT2D eigenvalue weighted by molar-refractivity contribution is -0.136. The van der Waals surface area contributed by atoms with Gasteiger partial charge in [0.25, 0.3) is 0 Å². The molecule has 0 aromatic heterocycles. The highest BCUT2D eigenvalue weighted by molar-refractivity contribution is 6.39. The van der Waals surface area contributed by atoms with Crippen LogP contribution in [0.15, 0.2) is 71.8 Å². The van der Waals surface area contributed by atoms with Crippen molar-refractivity contribution < 1.29 is 19.1 Å². The van der Waals surface area contributed by atoms with Gasteiger partial charge in [-0.3, -0.25) is 9.59 Å². The first-order valence-corrected chi connectivity index (χ1v) is 10.1. The fourth-order valence-electron chi connectivity index (χ4n) is 2.69. The van der Waals surface area contributed by atoms with Crippen LogP contribution in [-0.4, -0.2) is 25.1 Å². The number of nitrogens with zero attached hydrogens (tertiary/aromatic N) is 2. The van der Waals surface area contributed by atoms with E-state index < -0.39 is 11.8 Å². The third kappa shape index (κ3) is 6.56. The first kappa shape index (κ1) is 23.3. The number of ether oxygens (including phenoxy) is 2. The summed E-state index contributed by atoms with van der Waals surface area (Å²) < 4.78 is 11.2. The summed E-state index contributed by atoms with van der Waals surface area (Å²) in [6.07, 6.45) is 1.37. The van der Waals surface area contributed by atoms with E-state index in [-0.39, 0.29) is 6.61 Å². The number of methoxy groups -OCH3 is 1. The standard InChI is InChI=1S/C24H19ClN4O4/c1-32-22-12-17(8-11-21(22)33-15-18-4-2-3-5-20(18)25)14-27-29-24(31)23(30)28-19-9-6-16(13-26)7-10-19/h2-12,14H,15H2,1H3,(H,28,30)(H,29,31). The number of halogens is 1. The number of rotatable bonds is 7. The van der Waals surface area contributed by atoms with E-state index in [1.807, 2.05) is 24.3 Å². The minimum Gasteiger partial charge on any atom is -0.493 e. The van der Waals surface area contributed by atoms with Crippen LogP contribution in [-0.2, 0) is 16.2 Å². The number of carbonyl (C=O) groups is 2. The Morgan fingerprint density at radius 3 is 2.52 bits per heavy atom. The molecule has 2 N–H and O–H groups in total. The molecular formula is C24H19ClN4O4. The predicted octanol–water partition coefficient (Wildman–Crippen LogP) is 3.89. The highest BCUT2D eigenvalue weighted by Crippen LogP contribution is 2.29. The second-order valence-electron chi connectivity index (χ2n) is 6.63. The van der Waals surface area contributed by atoms with Crippen molar-refractivity contribution in [1.29, 1.82) is 5.26 Å². The van der Waals surface area contributed by atoms with Crippen LogP contribution in [0.25, 0.3) is 0 Å². The normalized spacial score (nSPS) is 10.3. The Morgan fingerprint density at radius 2 is 1.82 bits per heavy atom. The van der Waals surface area contributed by atoms with Crippen molar-refractivity contribution in [3.63, 3.8) is 0 Å². The number of amides is 2. The summed E-state index contributed by atoms with van der Waals surface area (Å²) in [5.41, 5.74) is 4.44. The van der Waals surface area contributed by atoms with Crippen molar-refractivity contribution >= 4 is 35.3 Å². The largest absolute Gasteiger partial charge is 0.493 e. The molecule has 3 aromatic rings. The maximum atomic E-state index is 12.0. The van der Waals surface area contributed by atoms with E-state index in [1.54, 1.807) is 24.3 Å². The van der Waals surface area contributed by atoms with Crippen LogP contribution in [0.4, 0.5) is 5.69 Å². The lowest BCUT2D eigenvalue weighted by Crippen LogP contribution is -2.32. The molecule has 3 aromatic carbocycles. The lowest BCUT2D eigenvalue weighted by Gasteiger charge is -2.12. The molecule has 9 heteroatoms. The third-order valence-corrected chi connectivity index (χ3v) is 4.76. The molecule has 0 saturated carbocycles. The van der Waals surface area contributed by atoms with Gasteiger partial charge in [-0.2, -0.15) is 10.4 Å². The molecule has 0 aliphatic rings. The van der Waals surface area contributed by atoms with E-state index in [4.69, 9.17) is 26.3 Å². The Labute approximate surface area is 195 Å². The van der Waals surface area contributed by atoms with Crippen LogP contribution >= 0.6 is 11.6 Å². The summed E-state index contributed by atoms with van der Waals surface area (Å²) in [6.45, 7) is 0.272. The molecule has 0 bridgehead atoms. The van der Waals surface area contributed by atoms with Gasteiger partial charge in [0, 0.05) is 16.3 Å². The third-order valence-electron chi connectivity index (χ3n) is 4.39. The summed E-state index contributed by atoms with van der Waals surface area (Å²) in [4.78, 5) is 23.9. The maximum Gasteiger partial charge on any atom is 0.329 e. The second-order valence-corrected chi connectivity index (χ2v) is 7.04. The Morgan fingerprint density at radius 1 is 1.06 bits per heavy atom. The van der Waals surface area contributed by atoms with E-state index in [9.17, 15) is 9.59 Å². The highest BCUT2D eigenvalue weighted by atomic mass is 35.5. The fraction of sp³-hybridized carbons (Fsp3) is 0.0833. The molecule has 0 radical (unpaired) electrons. The molecule has 0 aliphatic heterocycles. The lowest BCUT2D eigenvalue weighted by atomic mass is 10.2. The quantitative estimate of drug-likeness (QED) is 0.314. The molecule has 0 fully saturated rings. The SMILES string of the molecule is COc1cc(C=NNC(=O)C(=O)Nc2ccc(C#N)cc2)ccc1OCc1ccccc1Cl. The van der Waals surface area contributed by atoms with Gasteiger partial charge in [0.15, 0.2) is 11.5 Å². The van der Waals surface area contributed by atoms with Crippen molar-refractivity contribution in [1.82, 2.24) is 5.43 Å². The number of benzene rings is 3. The number of anilines is 1. The summed E-state index contributed by atoms with van der Waals surface area (Å²) in [7, 11) is 1.51. The average molecular weight is 463 g/mol. The molecule has 0 aliphatic carbocycles. The first-order valence-electron chi connectivity index (χ1n) is 9.69. The Balaban J connectivity index is 1.56. The summed E-state index contributed by atoms with van der Waals surface area (Å²) in [5, 5.41) is 15.6. The van der Waals surface area contributed by atoms with Crippen molar-refractivity contribution in [2.45, 2.75) is 6.61 Å². The Bertz CT molecular complexity index is 1220. The number of hydrogen-bond acceptors (Lipinski definition) is 6. The monoisotopic (exact) mass is 462 g/mol. The Hall–Kier alpha value is -4.35. The van der Waals surface area contributed by atoms with Gasteiger partial charge in [-0.05, 0) is 54.1 Å². The zero-order valence-corrected chi connectivity index (χ0v) is 18.3. The molecule has 0 saturated heterocycles. The Kier molecular flexibility index (Phi) is 8.00. The van der Waals surface area contributed by atoms with E-state index in [0.717, 1.165) is 5.56 Å². The second kappa shape index (κ2) is 11.3. The summed E-state index contributed by atoms with van der Waals surface area (Å²) in [6, 6.07) is 20.5. The van der Waals surface area contributed by atoms with Crippen molar-refractivity contribution in [3.8, 4) is 17.6 Å². The zero-order valence-electron chi connectivity index (χ0n) is 17.5. The van der Waals surface area contributed by atoms with Crippen LogP contribution in [0.5, 0.6) is 11.5 Å². The molecular weight excluding hydrogens is 444 g/mol. The minimum atomic E-state index is -0.942. The fourth-order valence-corrected chi connectivity index (χ4v) is 2.88. The molecule has 0 spiro atoms. The van der Waals surface area contributed by atoms with Gasteiger partial charge in [-0.15, -0.1) is 0 Å². The van der Waals surface area contributed by atoms with Crippen LogP contribution in [0.2, 0.25) is 5.02 Å². The van der Waals surface area contributed by atoms with Crippen LogP contribution in [0, 0.1) is 11.3 Å². The molecule has 3 rings (SSSR count). The molecule has 0 unspecified atom stereocenters. The van der Waals surface area contributed by atoms with Gasteiger partial charge in [-0.25, -0.2) is 5.43 Å². The van der Waals surface area contributed by atoms with Gasteiger partial charge in [0.05, 0.1) is 25.0 Å². The number of nitriles is 1. The average Bonchev–Trinajstić information content (AvgIpc) is 2.84. The number of nitrogens with one attached hydrogen (secondary N) is 2. The van der Waals surface area contributed by atoms with Crippen LogP contribution in [0.1, 0.15) is 16.7 Å². The van der Waals surface area contributed by atoms with E-state index in [1.165, 1.54) is 37.6 Å². The smallest absolute Gasteiger partial charge is 0.329 e. The van der Waals surface area contributed by atoms with Gasteiger partial charge in [-0.1, -0.05) is 29.8 Å². The van der Waals surface area contributed by atoms with E-state index >= 15 is 0 Å². The van der Waals surface area contributed by atoms with Crippen LogP contribution < -0.4 is 20.2 Å². The molecule has 0 heterocycles. The van der Waals surface area contributed by atoms with Crippen LogP contribution in [0.3, 0.4) is 0 Å². The summed E-state index contributed by atoms with van der Waals surface area (Å²) >= 11 is 6.15. The van der Waals surface area contributed by atoms with Gasteiger partial charge in [0.1, 0.15) is 6.61 Å². The van der Waals surface area contributed by atoms with E-state index in [2.05, 4.69) is 15.8 Å². The summed E-state index contributed by atoms with van der Waals surface area (Å²) in [5.74, 6) is -0.851. The first-order chi connectivity index (χ1) is 16.0. The molecule has 166 valence electrons. The molecule has 0 atom stereocenters.